The van der Waals surface area contributed by atoms with Gasteiger partial charge in [0.05, 0.1) is 12.6 Å². The molecular formula is C9H12N2O4PS+. The van der Waals surface area contributed by atoms with Gasteiger partial charge >= 0.3 is 18.7 Å². The van der Waals surface area contributed by atoms with Crippen LogP contribution in [0.2, 0.25) is 0 Å². The van der Waals surface area contributed by atoms with Crippen LogP contribution in [0, 0.1) is 0 Å². The second-order valence-corrected chi connectivity index (χ2v) is 6.68. The number of aromatic amines is 1. The third kappa shape index (κ3) is 2.86. The number of nitrogens with zero attached hydrogens (tertiary/aromatic N) is 1. The monoisotopic (exact) mass is 275 g/mol. The van der Waals surface area contributed by atoms with Gasteiger partial charge in [0, 0.05) is 18.0 Å². The lowest BCUT2D eigenvalue weighted by Gasteiger charge is -2.09. The number of aromatic nitrogens is 2. The molecule has 2 heterocycles. The molecule has 1 N–H and O–H groups in total. The summed E-state index contributed by atoms with van der Waals surface area (Å²) in [4.78, 5) is 25.3. The van der Waals surface area contributed by atoms with Crippen molar-refractivity contribution in [3.63, 3.8) is 0 Å². The lowest BCUT2D eigenvalue weighted by Crippen LogP contribution is -2.38. The molecule has 3 unspecified atom stereocenters. The molecule has 1 saturated heterocycles. The maximum Gasteiger partial charge on any atom is 0.378 e. The van der Waals surface area contributed by atoms with E-state index in [0.717, 1.165) is 4.57 Å². The first-order valence-electron chi connectivity index (χ1n) is 5.03. The average Bonchev–Trinajstić information content (AvgIpc) is 2.72. The van der Waals surface area contributed by atoms with E-state index in [1.807, 2.05) is 0 Å². The van der Waals surface area contributed by atoms with Crippen LogP contribution in [-0.2, 0) is 15.8 Å². The van der Waals surface area contributed by atoms with Crippen LogP contribution in [0.4, 0.5) is 0 Å². The smallest absolute Gasteiger partial charge is 0.321 e. The van der Waals surface area contributed by atoms with E-state index in [-0.39, 0.29) is 23.4 Å². The van der Waals surface area contributed by atoms with Crippen molar-refractivity contribution in [1.82, 2.24) is 9.55 Å². The highest BCUT2D eigenvalue weighted by Gasteiger charge is 2.37. The molecule has 2 rings (SSSR count). The normalized spacial score (nSPS) is 24.9. The number of H-pyrrole nitrogens is 1. The Kier molecular flexibility index (Phi) is 3.81. The summed E-state index contributed by atoms with van der Waals surface area (Å²) in [5.74, 6) is 0.639. The Morgan fingerprint density at radius 2 is 2.41 bits per heavy atom. The molecular weight excluding hydrogens is 263 g/mol. The van der Waals surface area contributed by atoms with E-state index in [2.05, 4.69) is 4.98 Å². The molecule has 1 aliphatic rings. The first-order valence-corrected chi connectivity index (χ1v) is 7.86. The van der Waals surface area contributed by atoms with Gasteiger partial charge in [0.25, 0.3) is 5.56 Å². The van der Waals surface area contributed by atoms with Gasteiger partial charge in [0.2, 0.25) is 0 Å². The fraction of sp³-hybridized carbons (Fsp3) is 0.556. The summed E-state index contributed by atoms with van der Waals surface area (Å²) in [6, 6.07) is 1.29. The summed E-state index contributed by atoms with van der Waals surface area (Å²) in [6.45, 7) is 1.80. The molecule has 1 aliphatic heterocycles. The van der Waals surface area contributed by atoms with Crippen molar-refractivity contribution in [3.05, 3.63) is 33.1 Å². The van der Waals surface area contributed by atoms with Crippen LogP contribution < -0.4 is 11.2 Å². The molecule has 92 valence electrons. The average molecular weight is 275 g/mol. The van der Waals surface area contributed by atoms with Gasteiger partial charge in [0.1, 0.15) is 6.66 Å². The van der Waals surface area contributed by atoms with Crippen LogP contribution in [0.25, 0.3) is 0 Å². The predicted molar refractivity (Wildman–Crippen MR) is 66.0 cm³/mol. The molecule has 8 heteroatoms. The van der Waals surface area contributed by atoms with E-state index in [1.165, 1.54) is 24.0 Å². The fourth-order valence-electron chi connectivity index (χ4n) is 1.55. The molecule has 6 nitrogen and oxygen atoms in total. The molecule has 1 fully saturated rings. The SMILES string of the molecule is C[P+](=O)C1OC(Cn2c(=O)cc[nH]c2=O)CS1. The summed E-state index contributed by atoms with van der Waals surface area (Å²) in [5.41, 5.74) is -0.804. The van der Waals surface area contributed by atoms with E-state index < -0.39 is 13.5 Å². The Morgan fingerprint density at radius 1 is 1.65 bits per heavy atom. The van der Waals surface area contributed by atoms with Crippen LogP contribution in [-0.4, -0.2) is 33.2 Å². The van der Waals surface area contributed by atoms with Crippen LogP contribution in [0.3, 0.4) is 0 Å². The Labute approximate surface area is 102 Å². The lowest BCUT2D eigenvalue weighted by molar-refractivity contribution is 0.0883. The highest BCUT2D eigenvalue weighted by molar-refractivity contribution is 8.04. The topological polar surface area (TPSA) is 81.2 Å². The van der Waals surface area contributed by atoms with Crippen molar-refractivity contribution in [2.75, 3.05) is 12.4 Å². The minimum Gasteiger partial charge on any atom is -0.321 e. The zero-order valence-electron chi connectivity index (χ0n) is 9.16. The minimum absolute atomic E-state index is 0.196. The first kappa shape index (κ1) is 12.5. The van der Waals surface area contributed by atoms with Crippen molar-refractivity contribution in [2.24, 2.45) is 0 Å². The number of rotatable bonds is 3. The summed E-state index contributed by atoms with van der Waals surface area (Å²) >= 11 is 1.46. The van der Waals surface area contributed by atoms with Crippen molar-refractivity contribution in [3.8, 4) is 0 Å². The number of nitrogens with one attached hydrogen (secondary N) is 1. The molecule has 0 aliphatic carbocycles. The maximum atomic E-state index is 11.5. The van der Waals surface area contributed by atoms with E-state index >= 15 is 0 Å². The summed E-state index contributed by atoms with van der Waals surface area (Å²) in [7, 11) is -1.40. The van der Waals surface area contributed by atoms with Gasteiger partial charge in [-0.3, -0.25) is 9.36 Å². The minimum atomic E-state index is -1.40. The number of hydrogen-bond acceptors (Lipinski definition) is 5. The van der Waals surface area contributed by atoms with Gasteiger partial charge in [-0.15, -0.1) is 0 Å². The quantitative estimate of drug-likeness (QED) is 0.808. The predicted octanol–water partition coefficient (Wildman–Crippen LogP) is 0.409. The molecule has 0 aromatic carbocycles. The summed E-state index contributed by atoms with van der Waals surface area (Å²) in [6.07, 6.45) is 1.07. The van der Waals surface area contributed by atoms with E-state index in [4.69, 9.17) is 4.74 Å². The van der Waals surface area contributed by atoms with Crippen LogP contribution >= 0.6 is 19.6 Å². The Hall–Kier alpha value is -0.910. The molecule has 0 bridgehead atoms. The standard InChI is InChI=1S/C9H11N2O4PS/c1-16(14)9-15-6(5-17-9)4-11-7(12)2-3-10-8(11)13/h2-3,6,9H,4-5H2,1H3/p+1. The van der Waals surface area contributed by atoms with Gasteiger partial charge in [-0.05, 0) is 0 Å². The van der Waals surface area contributed by atoms with Gasteiger partial charge in [-0.25, -0.2) is 4.79 Å². The Bertz CT molecular complexity index is 512. The Balaban J connectivity index is 2.11. The van der Waals surface area contributed by atoms with Crippen molar-refractivity contribution >= 4 is 19.6 Å². The molecule has 0 amide bonds. The fourth-order valence-corrected chi connectivity index (χ4v) is 3.79. The zero-order valence-corrected chi connectivity index (χ0v) is 10.9. The molecule has 0 spiro atoms. The molecule has 3 atom stereocenters. The Morgan fingerprint density at radius 3 is 3.00 bits per heavy atom. The summed E-state index contributed by atoms with van der Waals surface area (Å²) < 4.78 is 17.8. The number of ether oxygens (including phenoxy) is 1. The highest BCUT2D eigenvalue weighted by atomic mass is 32.2. The first-order chi connectivity index (χ1) is 8.08. The second kappa shape index (κ2) is 5.16. The molecule has 0 radical (unpaired) electrons. The van der Waals surface area contributed by atoms with Crippen molar-refractivity contribution in [2.45, 2.75) is 17.8 Å². The van der Waals surface area contributed by atoms with Crippen LogP contribution in [0.5, 0.6) is 0 Å². The number of hydrogen-bond donors (Lipinski definition) is 1. The zero-order chi connectivity index (χ0) is 12.4. The van der Waals surface area contributed by atoms with Crippen molar-refractivity contribution in [1.29, 1.82) is 0 Å². The molecule has 17 heavy (non-hydrogen) atoms. The second-order valence-electron chi connectivity index (χ2n) is 3.68. The van der Waals surface area contributed by atoms with Gasteiger partial charge < -0.3 is 9.72 Å². The van der Waals surface area contributed by atoms with Crippen LogP contribution in [0.1, 0.15) is 0 Å². The molecule has 1 aromatic heterocycles. The van der Waals surface area contributed by atoms with E-state index in [1.54, 1.807) is 6.66 Å². The van der Waals surface area contributed by atoms with Gasteiger partial charge in [-0.2, -0.15) is 0 Å². The third-order valence-corrected chi connectivity index (χ3v) is 5.37. The van der Waals surface area contributed by atoms with Crippen LogP contribution in [0.15, 0.2) is 21.9 Å². The number of thioether (sulfide) groups is 1. The van der Waals surface area contributed by atoms with E-state index in [0.29, 0.717) is 5.75 Å². The maximum absolute atomic E-state index is 11.5. The lowest BCUT2D eigenvalue weighted by atomic mass is 10.4. The van der Waals surface area contributed by atoms with Gasteiger partial charge in [-0.1, -0.05) is 16.3 Å². The third-order valence-electron chi connectivity index (χ3n) is 2.36. The van der Waals surface area contributed by atoms with Gasteiger partial charge in [0.15, 0.2) is 0 Å². The van der Waals surface area contributed by atoms with E-state index in [9.17, 15) is 14.2 Å². The summed E-state index contributed by atoms with van der Waals surface area (Å²) in [5, 5.41) is -0.325. The van der Waals surface area contributed by atoms with Crippen molar-refractivity contribution < 1.29 is 9.30 Å². The molecule has 1 aromatic rings. The largest absolute Gasteiger partial charge is 0.378 e. The highest BCUT2D eigenvalue weighted by Crippen LogP contribution is 2.40. The molecule has 0 saturated carbocycles.